The van der Waals surface area contributed by atoms with Crippen molar-refractivity contribution in [1.82, 2.24) is 5.01 Å². The van der Waals surface area contributed by atoms with E-state index in [1.807, 2.05) is 0 Å². The highest BCUT2D eigenvalue weighted by Crippen LogP contribution is 2.04. The molecule has 6 nitrogen and oxygen atoms in total. The third-order valence-corrected chi connectivity index (χ3v) is 1.42. The van der Waals surface area contributed by atoms with E-state index < -0.39 is 12.2 Å². The van der Waals surface area contributed by atoms with Crippen molar-refractivity contribution in [1.29, 1.82) is 0 Å². The molecule has 6 heteroatoms. The van der Waals surface area contributed by atoms with Gasteiger partial charge in [-0.2, -0.15) is 0 Å². The molecule has 0 aromatic heterocycles. The van der Waals surface area contributed by atoms with Crippen LogP contribution < -0.4 is 0 Å². The normalized spacial score (nSPS) is 11.9. The van der Waals surface area contributed by atoms with Crippen molar-refractivity contribution in [3.8, 4) is 0 Å². The van der Waals surface area contributed by atoms with Gasteiger partial charge in [0.25, 0.3) is 0 Å². The van der Waals surface area contributed by atoms with Gasteiger partial charge in [-0.05, 0) is 0 Å². The molecule has 13 heavy (non-hydrogen) atoms. The SMILES string of the molecule is COCCC(OC(C)=O)N(C)N=O. The van der Waals surface area contributed by atoms with Gasteiger partial charge >= 0.3 is 5.97 Å². The molecule has 0 saturated heterocycles. The standard InChI is InChI=1S/C7H14N2O4/c1-6(10)13-7(4-5-12-3)9(2)8-11/h7H,4-5H2,1-3H3. The number of esters is 1. The second-order valence-corrected chi connectivity index (χ2v) is 2.50. The molecule has 0 aromatic carbocycles. The Kier molecular flexibility index (Phi) is 5.79. The van der Waals surface area contributed by atoms with Crippen molar-refractivity contribution in [2.75, 3.05) is 20.8 Å². The van der Waals surface area contributed by atoms with Gasteiger partial charge < -0.3 is 9.47 Å². The Morgan fingerprint density at radius 1 is 1.62 bits per heavy atom. The summed E-state index contributed by atoms with van der Waals surface area (Å²) in [5.74, 6) is -0.448. The molecule has 0 amide bonds. The van der Waals surface area contributed by atoms with E-state index in [2.05, 4.69) is 5.29 Å². The van der Waals surface area contributed by atoms with E-state index in [0.717, 1.165) is 5.01 Å². The van der Waals surface area contributed by atoms with Gasteiger partial charge in [0.1, 0.15) is 0 Å². The van der Waals surface area contributed by atoms with Crippen molar-refractivity contribution in [2.24, 2.45) is 5.29 Å². The summed E-state index contributed by atoms with van der Waals surface area (Å²) in [7, 11) is 2.97. The molecule has 76 valence electrons. The van der Waals surface area contributed by atoms with E-state index in [9.17, 15) is 9.70 Å². The lowest BCUT2D eigenvalue weighted by Crippen LogP contribution is -2.32. The highest BCUT2D eigenvalue weighted by atomic mass is 16.6. The summed E-state index contributed by atoms with van der Waals surface area (Å²) >= 11 is 0. The Hall–Kier alpha value is -1.17. The van der Waals surface area contributed by atoms with E-state index in [-0.39, 0.29) is 0 Å². The quantitative estimate of drug-likeness (QED) is 0.264. The number of methoxy groups -OCH3 is 1. The van der Waals surface area contributed by atoms with E-state index in [1.54, 1.807) is 0 Å². The first-order chi connectivity index (χ1) is 6.11. The van der Waals surface area contributed by atoms with E-state index in [1.165, 1.54) is 21.1 Å². The van der Waals surface area contributed by atoms with Crippen LogP contribution in [-0.4, -0.2) is 38.0 Å². The fraction of sp³-hybridized carbons (Fsp3) is 0.857. The van der Waals surface area contributed by atoms with Gasteiger partial charge in [0.2, 0.25) is 0 Å². The molecule has 0 saturated carbocycles. The summed E-state index contributed by atoms with van der Waals surface area (Å²) < 4.78 is 9.61. The minimum atomic E-state index is -0.644. The molecular formula is C7H14N2O4. The Balaban J connectivity index is 4.01. The number of ether oxygens (including phenoxy) is 2. The van der Waals surface area contributed by atoms with Crippen molar-refractivity contribution >= 4 is 5.97 Å². The van der Waals surface area contributed by atoms with Crippen LogP contribution in [0, 0.1) is 4.91 Å². The van der Waals surface area contributed by atoms with Crippen LogP contribution in [0.25, 0.3) is 0 Å². The monoisotopic (exact) mass is 190 g/mol. The molecule has 0 fully saturated rings. The number of carbonyl (C=O) groups excluding carboxylic acids is 1. The van der Waals surface area contributed by atoms with Crippen LogP contribution in [0.2, 0.25) is 0 Å². The molecule has 0 radical (unpaired) electrons. The summed E-state index contributed by atoms with van der Waals surface area (Å²) in [6.07, 6.45) is -0.229. The number of nitroso groups, excluding NO2 is 1. The second-order valence-electron chi connectivity index (χ2n) is 2.50. The predicted octanol–water partition coefficient (Wildman–Crippen LogP) is 0.525. The zero-order valence-electron chi connectivity index (χ0n) is 8.02. The Labute approximate surface area is 76.7 Å². The molecule has 0 aliphatic carbocycles. The van der Waals surface area contributed by atoms with Gasteiger partial charge in [-0.25, -0.2) is 5.01 Å². The number of nitrogens with zero attached hydrogens (tertiary/aromatic N) is 2. The lowest BCUT2D eigenvalue weighted by molar-refractivity contribution is -0.157. The summed E-state index contributed by atoms with van der Waals surface area (Å²) in [6, 6.07) is 0. The van der Waals surface area contributed by atoms with Crippen LogP contribution in [-0.2, 0) is 14.3 Å². The first kappa shape index (κ1) is 11.8. The second kappa shape index (κ2) is 6.36. The maximum absolute atomic E-state index is 10.6. The maximum atomic E-state index is 10.6. The van der Waals surface area contributed by atoms with Crippen LogP contribution in [0.5, 0.6) is 0 Å². The van der Waals surface area contributed by atoms with Crippen molar-refractivity contribution < 1.29 is 14.3 Å². The molecule has 0 aromatic rings. The molecule has 0 rings (SSSR count). The average molecular weight is 190 g/mol. The molecule has 0 heterocycles. The fourth-order valence-corrected chi connectivity index (χ4v) is 0.785. The first-order valence-corrected chi connectivity index (χ1v) is 3.84. The number of hydrogen-bond acceptors (Lipinski definition) is 5. The highest BCUT2D eigenvalue weighted by molar-refractivity contribution is 5.66. The molecule has 1 atom stereocenters. The van der Waals surface area contributed by atoms with Gasteiger partial charge in [-0.3, -0.25) is 4.79 Å². The maximum Gasteiger partial charge on any atom is 0.304 e. The molecule has 0 N–H and O–H groups in total. The third-order valence-electron chi connectivity index (χ3n) is 1.42. The molecule has 1 unspecified atom stereocenters. The van der Waals surface area contributed by atoms with E-state index >= 15 is 0 Å². The molecule has 0 spiro atoms. The molecule has 0 aliphatic heterocycles. The smallest absolute Gasteiger partial charge is 0.304 e. The summed E-state index contributed by atoms with van der Waals surface area (Å²) in [4.78, 5) is 20.7. The number of hydrogen-bond donors (Lipinski definition) is 0. The van der Waals surface area contributed by atoms with Gasteiger partial charge in [0.15, 0.2) is 6.23 Å². The van der Waals surface area contributed by atoms with Crippen LogP contribution in [0.15, 0.2) is 5.29 Å². The van der Waals surface area contributed by atoms with Crippen molar-refractivity contribution in [3.63, 3.8) is 0 Å². The minimum Gasteiger partial charge on any atom is -0.440 e. The molecular weight excluding hydrogens is 176 g/mol. The number of carbonyl (C=O) groups is 1. The third kappa shape index (κ3) is 5.13. The molecule has 0 bridgehead atoms. The largest absolute Gasteiger partial charge is 0.440 e. The van der Waals surface area contributed by atoms with Gasteiger partial charge in [0, 0.05) is 27.5 Å². The zero-order chi connectivity index (χ0) is 10.3. The van der Waals surface area contributed by atoms with Crippen LogP contribution in [0.3, 0.4) is 0 Å². The van der Waals surface area contributed by atoms with Gasteiger partial charge in [-0.1, -0.05) is 0 Å². The zero-order valence-corrected chi connectivity index (χ0v) is 8.02. The van der Waals surface area contributed by atoms with E-state index in [4.69, 9.17) is 9.47 Å². The summed E-state index contributed by atoms with van der Waals surface area (Å²) in [5.41, 5.74) is 0. The van der Waals surface area contributed by atoms with Crippen LogP contribution >= 0.6 is 0 Å². The lowest BCUT2D eigenvalue weighted by atomic mass is 10.4. The topological polar surface area (TPSA) is 68.2 Å². The fourth-order valence-electron chi connectivity index (χ4n) is 0.785. The van der Waals surface area contributed by atoms with Gasteiger partial charge in [-0.15, -0.1) is 4.91 Å². The Morgan fingerprint density at radius 2 is 2.23 bits per heavy atom. The minimum absolute atomic E-state index is 0.401. The van der Waals surface area contributed by atoms with Gasteiger partial charge in [0.05, 0.1) is 11.9 Å². The van der Waals surface area contributed by atoms with Crippen molar-refractivity contribution in [2.45, 2.75) is 19.6 Å². The lowest BCUT2D eigenvalue weighted by Gasteiger charge is -2.21. The van der Waals surface area contributed by atoms with E-state index in [0.29, 0.717) is 13.0 Å². The Morgan fingerprint density at radius 3 is 2.62 bits per heavy atom. The average Bonchev–Trinajstić information content (AvgIpc) is 2.10. The van der Waals surface area contributed by atoms with Crippen LogP contribution in [0.4, 0.5) is 0 Å². The van der Waals surface area contributed by atoms with Crippen LogP contribution in [0.1, 0.15) is 13.3 Å². The number of rotatable bonds is 6. The van der Waals surface area contributed by atoms with Crippen molar-refractivity contribution in [3.05, 3.63) is 4.91 Å². The summed E-state index contributed by atoms with van der Waals surface area (Å²) in [5, 5.41) is 3.69. The Bertz CT molecular complexity index is 174. The first-order valence-electron chi connectivity index (χ1n) is 3.84. The molecule has 0 aliphatic rings. The summed E-state index contributed by atoms with van der Waals surface area (Å²) in [6.45, 7) is 1.68. The predicted molar refractivity (Wildman–Crippen MR) is 45.6 cm³/mol. The highest BCUT2D eigenvalue weighted by Gasteiger charge is 2.16.